The number of rotatable bonds is 5. The van der Waals surface area contributed by atoms with Crippen molar-refractivity contribution in [3.05, 3.63) is 27.8 Å². The molecule has 0 aromatic heterocycles. The van der Waals surface area contributed by atoms with Gasteiger partial charge in [-0.3, -0.25) is 0 Å². The van der Waals surface area contributed by atoms with E-state index in [-0.39, 0.29) is 6.61 Å². The molecule has 0 heterocycles. The van der Waals surface area contributed by atoms with Gasteiger partial charge in [0.1, 0.15) is 6.61 Å². The van der Waals surface area contributed by atoms with Gasteiger partial charge in [0, 0.05) is 15.8 Å². The molecule has 0 atom stereocenters. The number of ether oxygens (including phenoxy) is 1. The summed E-state index contributed by atoms with van der Waals surface area (Å²) in [5.41, 5.74) is 0.871. The molecule has 0 saturated heterocycles. The molecule has 1 N–H and O–H groups in total. The molecule has 0 unspecified atom stereocenters. The van der Waals surface area contributed by atoms with Crippen LogP contribution in [0.15, 0.2) is 24.3 Å². The summed E-state index contributed by atoms with van der Waals surface area (Å²) < 4.78 is 40.7. The predicted molar refractivity (Wildman–Crippen MR) is 64.5 cm³/mol. The maximum atomic E-state index is 11.7. The van der Waals surface area contributed by atoms with Gasteiger partial charge in [-0.1, -0.05) is 0 Å². The number of halogens is 4. The third-order valence-electron chi connectivity index (χ3n) is 1.69. The quantitative estimate of drug-likeness (QED) is 0.653. The first-order chi connectivity index (χ1) is 7.47. The second-order valence-electron chi connectivity index (χ2n) is 3.10. The molecule has 16 heavy (non-hydrogen) atoms. The number of anilines is 1. The predicted octanol–water partition coefficient (Wildman–Crippen LogP) is 3.28. The maximum Gasteiger partial charge on any atom is 0.411 e. The highest BCUT2D eigenvalue weighted by Crippen LogP contribution is 2.14. The highest BCUT2D eigenvalue weighted by molar-refractivity contribution is 14.1. The summed E-state index contributed by atoms with van der Waals surface area (Å²) in [6.45, 7) is -0.802. The molecule has 2 nitrogen and oxygen atoms in total. The summed E-state index contributed by atoms with van der Waals surface area (Å²) in [5, 5.41) is 2.96. The molecule has 0 radical (unpaired) electrons. The first-order valence-electron chi connectivity index (χ1n) is 4.61. The number of hydrogen-bond donors (Lipinski definition) is 1. The highest BCUT2D eigenvalue weighted by atomic mass is 127. The summed E-state index contributed by atoms with van der Waals surface area (Å²) in [4.78, 5) is 0. The topological polar surface area (TPSA) is 21.3 Å². The van der Waals surface area contributed by atoms with E-state index >= 15 is 0 Å². The van der Waals surface area contributed by atoms with Crippen molar-refractivity contribution >= 4 is 28.3 Å². The summed E-state index contributed by atoms with van der Waals surface area (Å²) >= 11 is 2.18. The SMILES string of the molecule is FC(F)(F)COCCNc1ccc(I)cc1. The van der Waals surface area contributed by atoms with E-state index in [0.29, 0.717) is 6.54 Å². The number of alkyl halides is 3. The average molecular weight is 345 g/mol. The van der Waals surface area contributed by atoms with Crippen LogP contribution in [0.1, 0.15) is 0 Å². The highest BCUT2D eigenvalue weighted by Gasteiger charge is 2.27. The van der Waals surface area contributed by atoms with Crippen LogP contribution in [-0.4, -0.2) is 25.9 Å². The van der Waals surface area contributed by atoms with Crippen molar-refractivity contribution in [1.29, 1.82) is 0 Å². The van der Waals surface area contributed by atoms with E-state index < -0.39 is 12.8 Å². The summed E-state index contributed by atoms with van der Waals surface area (Å²) in [6, 6.07) is 7.57. The van der Waals surface area contributed by atoms with Crippen molar-refractivity contribution in [2.24, 2.45) is 0 Å². The zero-order valence-electron chi connectivity index (χ0n) is 8.35. The van der Waals surface area contributed by atoms with E-state index in [1.807, 2.05) is 24.3 Å². The van der Waals surface area contributed by atoms with E-state index in [1.165, 1.54) is 0 Å². The molecule has 1 aromatic rings. The second kappa shape index (κ2) is 6.29. The lowest BCUT2D eigenvalue weighted by Crippen LogP contribution is -2.20. The van der Waals surface area contributed by atoms with Gasteiger partial charge < -0.3 is 10.1 Å². The third-order valence-corrected chi connectivity index (χ3v) is 2.40. The van der Waals surface area contributed by atoms with Crippen molar-refractivity contribution in [3.63, 3.8) is 0 Å². The molecule has 6 heteroatoms. The molecule has 0 amide bonds. The van der Waals surface area contributed by atoms with Crippen molar-refractivity contribution in [3.8, 4) is 0 Å². The molecule has 0 aliphatic carbocycles. The number of nitrogens with one attached hydrogen (secondary N) is 1. The van der Waals surface area contributed by atoms with Gasteiger partial charge in [-0.25, -0.2) is 0 Å². The fourth-order valence-electron chi connectivity index (χ4n) is 1.02. The summed E-state index contributed by atoms with van der Waals surface area (Å²) in [6.07, 6.45) is -4.25. The van der Waals surface area contributed by atoms with Crippen LogP contribution in [0, 0.1) is 3.57 Å². The van der Waals surface area contributed by atoms with E-state index in [0.717, 1.165) is 9.26 Å². The lowest BCUT2D eigenvalue weighted by molar-refractivity contribution is -0.172. The smallest absolute Gasteiger partial charge is 0.383 e. The first kappa shape index (κ1) is 13.6. The monoisotopic (exact) mass is 345 g/mol. The van der Waals surface area contributed by atoms with Gasteiger partial charge in [-0.2, -0.15) is 13.2 Å². The Balaban J connectivity index is 2.14. The van der Waals surface area contributed by atoms with Gasteiger partial charge in [0.25, 0.3) is 0 Å². The molecule has 1 aromatic carbocycles. The van der Waals surface area contributed by atoms with Crippen molar-refractivity contribution in [1.82, 2.24) is 0 Å². The largest absolute Gasteiger partial charge is 0.411 e. The standard InChI is InChI=1S/C10H11F3INO/c11-10(12,13)7-16-6-5-15-9-3-1-8(14)2-4-9/h1-4,15H,5-7H2. The van der Waals surface area contributed by atoms with E-state index in [1.54, 1.807) is 0 Å². The minimum absolute atomic E-state index is 0.0332. The molecule has 0 spiro atoms. The van der Waals surface area contributed by atoms with Crippen LogP contribution in [0.3, 0.4) is 0 Å². The molecule has 0 aliphatic rings. The van der Waals surface area contributed by atoms with E-state index in [4.69, 9.17) is 0 Å². The van der Waals surface area contributed by atoms with Gasteiger partial charge in [0.15, 0.2) is 0 Å². The Kier molecular flexibility index (Phi) is 5.33. The minimum atomic E-state index is -4.25. The Morgan fingerprint density at radius 1 is 1.19 bits per heavy atom. The molecule has 90 valence electrons. The first-order valence-corrected chi connectivity index (χ1v) is 5.69. The van der Waals surface area contributed by atoms with Crippen LogP contribution in [0.4, 0.5) is 18.9 Å². The van der Waals surface area contributed by atoms with Crippen LogP contribution in [-0.2, 0) is 4.74 Å². The molecule has 1 rings (SSSR count). The molecule has 0 bridgehead atoms. The van der Waals surface area contributed by atoms with Gasteiger partial charge in [0.05, 0.1) is 6.61 Å². The van der Waals surface area contributed by atoms with Gasteiger partial charge >= 0.3 is 6.18 Å². The fraction of sp³-hybridized carbons (Fsp3) is 0.400. The van der Waals surface area contributed by atoms with Crippen LogP contribution in [0.25, 0.3) is 0 Å². The van der Waals surface area contributed by atoms with Crippen LogP contribution >= 0.6 is 22.6 Å². The van der Waals surface area contributed by atoms with Crippen molar-refractivity contribution in [2.45, 2.75) is 6.18 Å². The van der Waals surface area contributed by atoms with Gasteiger partial charge in [-0.05, 0) is 46.9 Å². The fourth-order valence-corrected chi connectivity index (χ4v) is 1.38. The minimum Gasteiger partial charge on any atom is -0.383 e. The lowest BCUT2D eigenvalue weighted by Gasteiger charge is -2.09. The van der Waals surface area contributed by atoms with Crippen LogP contribution in [0.5, 0.6) is 0 Å². The Labute approximate surface area is 105 Å². The van der Waals surface area contributed by atoms with Gasteiger partial charge in [-0.15, -0.1) is 0 Å². The number of benzene rings is 1. The Hall–Kier alpha value is -0.500. The summed E-state index contributed by atoms with van der Waals surface area (Å²) in [5.74, 6) is 0. The average Bonchev–Trinajstić information content (AvgIpc) is 2.19. The normalized spacial score (nSPS) is 11.5. The molecular weight excluding hydrogens is 334 g/mol. The van der Waals surface area contributed by atoms with E-state index in [9.17, 15) is 13.2 Å². The zero-order chi connectivity index (χ0) is 12.0. The van der Waals surface area contributed by atoms with Crippen LogP contribution in [0.2, 0.25) is 0 Å². The summed E-state index contributed by atoms with van der Waals surface area (Å²) in [7, 11) is 0. The molecular formula is C10H11F3INO. The molecule has 0 saturated carbocycles. The Morgan fingerprint density at radius 3 is 2.38 bits per heavy atom. The van der Waals surface area contributed by atoms with E-state index in [2.05, 4.69) is 32.6 Å². The Morgan fingerprint density at radius 2 is 1.81 bits per heavy atom. The molecule has 0 aliphatic heterocycles. The van der Waals surface area contributed by atoms with Crippen molar-refractivity contribution in [2.75, 3.05) is 25.1 Å². The molecule has 0 fully saturated rings. The maximum absolute atomic E-state index is 11.7. The van der Waals surface area contributed by atoms with Gasteiger partial charge in [0.2, 0.25) is 0 Å². The zero-order valence-corrected chi connectivity index (χ0v) is 10.5. The van der Waals surface area contributed by atoms with Crippen molar-refractivity contribution < 1.29 is 17.9 Å². The third kappa shape index (κ3) is 6.16. The number of hydrogen-bond acceptors (Lipinski definition) is 2. The van der Waals surface area contributed by atoms with Crippen LogP contribution < -0.4 is 5.32 Å². The lowest BCUT2D eigenvalue weighted by atomic mass is 10.3. The Bertz CT molecular complexity index is 313. The second-order valence-corrected chi connectivity index (χ2v) is 4.35.